The molecule has 0 saturated carbocycles. The molecule has 0 aromatic heterocycles. The second-order valence-corrected chi connectivity index (χ2v) is 7.33. The van der Waals surface area contributed by atoms with Crippen LogP contribution >= 0.6 is 0 Å². The molecule has 1 aromatic rings. The highest BCUT2D eigenvalue weighted by Gasteiger charge is 2.27. The molecule has 0 atom stereocenters. The molecule has 21 heavy (non-hydrogen) atoms. The third kappa shape index (κ3) is 4.16. The zero-order valence-electron chi connectivity index (χ0n) is 12.5. The topological polar surface area (TPSA) is 113 Å². The van der Waals surface area contributed by atoms with Crippen LogP contribution in [-0.2, 0) is 10.0 Å². The van der Waals surface area contributed by atoms with Crippen LogP contribution in [0.1, 0.15) is 24.2 Å². The number of nitrogens with one attached hydrogen (secondary N) is 1. The van der Waals surface area contributed by atoms with Gasteiger partial charge in [-0.1, -0.05) is 0 Å². The molecule has 0 spiro atoms. The fraction of sp³-hybridized carbons (Fsp3) is 0.462. The smallest absolute Gasteiger partial charge is 0.337 e. The number of likely N-dealkylation sites (N-methyl/N-ethyl adjacent to an activating group) is 1. The summed E-state index contributed by atoms with van der Waals surface area (Å²) < 4.78 is 27.1. The molecule has 4 N–H and O–H groups in total. The third-order valence-electron chi connectivity index (χ3n) is 3.43. The lowest BCUT2D eigenvalue weighted by molar-refractivity contribution is 0.0692. The van der Waals surface area contributed by atoms with E-state index in [9.17, 15) is 13.2 Å². The quantitative estimate of drug-likeness (QED) is 0.662. The summed E-state index contributed by atoms with van der Waals surface area (Å²) in [4.78, 5) is 12.7. The summed E-state index contributed by atoms with van der Waals surface area (Å²) in [5.41, 5.74) is 5.02. The van der Waals surface area contributed by atoms with Crippen molar-refractivity contribution in [3.05, 3.63) is 23.8 Å². The standard InChI is InChI=1S/C13H21N3O4S/c1-13(2,16(3)4)8-15-21(19,20)11-7-9(14)5-6-10(11)12(17)18/h5-7,15H,8,14H2,1-4H3,(H,17,18). The normalized spacial score (nSPS) is 12.6. The van der Waals surface area contributed by atoms with Gasteiger partial charge in [-0.15, -0.1) is 0 Å². The average molecular weight is 315 g/mol. The number of hydrogen-bond acceptors (Lipinski definition) is 5. The van der Waals surface area contributed by atoms with Gasteiger partial charge >= 0.3 is 5.97 Å². The van der Waals surface area contributed by atoms with E-state index in [2.05, 4.69) is 4.72 Å². The number of aromatic carboxylic acids is 1. The Balaban J connectivity index is 3.15. The van der Waals surface area contributed by atoms with Gasteiger partial charge < -0.3 is 15.7 Å². The second kappa shape index (κ2) is 6.00. The van der Waals surface area contributed by atoms with Crippen molar-refractivity contribution in [1.29, 1.82) is 0 Å². The molecular formula is C13H21N3O4S. The molecule has 0 aliphatic heterocycles. The van der Waals surface area contributed by atoms with Gasteiger partial charge in [-0.3, -0.25) is 0 Å². The van der Waals surface area contributed by atoms with Crippen molar-refractivity contribution in [2.45, 2.75) is 24.3 Å². The number of rotatable bonds is 6. The van der Waals surface area contributed by atoms with Crippen LogP contribution in [0.3, 0.4) is 0 Å². The molecule has 0 bridgehead atoms. The molecule has 1 aromatic carbocycles. The van der Waals surface area contributed by atoms with Crippen LogP contribution in [0.5, 0.6) is 0 Å². The Labute approximate surface area is 124 Å². The summed E-state index contributed by atoms with van der Waals surface area (Å²) in [7, 11) is -0.301. The molecular weight excluding hydrogens is 294 g/mol. The fourth-order valence-electron chi connectivity index (χ4n) is 1.45. The Hall–Kier alpha value is -1.64. The first kappa shape index (κ1) is 17.4. The number of carbonyl (C=O) groups is 1. The van der Waals surface area contributed by atoms with Crippen molar-refractivity contribution in [1.82, 2.24) is 9.62 Å². The van der Waals surface area contributed by atoms with Gasteiger partial charge in [0.15, 0.2) is 0 Å². The van der Waals surface area contributed by atoms with Gasteiger partial charge in [-0.25, -0.2) is 17.9 Å². The first-order chi connectivity index (χ1) is 9.47. The van der Waals surface area contributed by atoms with Crippen LogP contribution in [0, 0.1) is 0 Å². The number of nitrogens with two attached hydrogens (primary N) is 1. The van der Waals surface area contributed by atoms with E-state index in [-0.39, 0.29) is 22.7 Å². The largest absolute Gasteiger partial charge is 0.478 e. The fourth-order valence-corrected chi connectivity index (χ4v) is 2.88. The maximum absolute atomic E-state index is 12.3. The van der Waals surface area contributed by atoms with Crippen LogP contribution in [0.15, 0.2) is 23.1 Å². The zero-order chi connectivity index (χ0) is 16.4. The minimum Gasteiger partial charge on any atom is -0.478 e. The summed E-state index contributed by atoms with van der Waals surface area (Å²) in [6, 6.07) is 3.68. The van der Waals surface area contributed by atoms with Gasteiger partial charge in [0, 0.05) is 17.8 Å². The lowest BCUT2D eigenvalue weighted by Crippen LogP contribution is -2.48. The SMILES string of the molecule is CN(C)C(C)(C)CNS(=O)(=O)c1cc(N)ccc1C(=O)O. The highest BCUT2D eigenvalue weighted by atomic mass is 32.2. The first-order valence-electron chi connectivity index (χ1n) is 6.27. The van der Waals surface area contributed by atoms with Gasteiger partial charge in [0.25, 0.3) is 0 Å². The maximum Gasteiger partial charge on any atom is 0.337 e. The number of anilines is 1. The number of benzene rings is 1. The maximum atomic E-state index is 12.3. The molecule has 0 amide bonds. The van der Waals surface area contributed by atoms with Crippen LogP contribution in [0.2, 0.25) is 0 Å². The lowest BCUT2D eigenvalue weighted by atomic mass is 10.1. The predicted octanol–water partition coefficient (Wildman–Crippen LogP) is 0.586. The van der Waals surface area contributed by atoms with Gasteiger partial charge in [-0.2, -0.15) is 0 Å². The molecule has 118 valence electrons. The number of carboxylic acid groups (broad SMARTS) is 1. The predicted molar refractivity (Wildman–Crippen MR) is 80.8 cm³/mol. The van der Waals surface area contributed by atoms with Crippen LogP contribution in [0.25, 0.3) is 0 Å². The van der Waals surface area contributed by atoms with Gasteiger partial charge in [0.2, 0.25) is 10.0 Å². The third-order valence-corrected chi connectivity index (χ3v) is 4.87. The van der Waals surface area contributed by atoms with Crippen molar-refractivity contribution in [2.75, 3.05) is 26.4 Å². The van der Waals surface area contributed by atoms with Crippen LogP contribution < -0.4 is 10.5 Å². The minimum atomic E-state index is -3.96. The summed E-state index contributed by atoms with van der Waals surface area (Å²) in [5, 5.41) is 9.09. The molecule has 0 unspecified atom stereocenters. The van der Waals surface area contributed by atoms with Gasteiger partial charge in [-0.05, 0) is 46.1 Å². The van der Waals surface area contributed by atoms with E-state index in [0.29, 0.717) is 0 Å². The summed E-state index contributed by atoms with van der Waals surface area (Å²) in [6.07, 6.45) is 0. The summed E-state index contributed by atoms with van der Waals surface area (Å²) in [6.45, 7) is 3.87. The van der Waals surface area contributed by atoms with Crippen molar-refractivity contribution in [3.8, 4) is 0 Å². The van der Waals surface area contributed by atoms with E-state index in [0.717, 1.165) is 6.07 Å². The number of sulfonamides is 1. The number of carboxylic acids is 1. The molecule has 0 aliphatic rings. The summed E-state index contributed by atoms with van der Waals surface area (Å²) >= 11 is 0. The first-order valence-corrected chi connectivity index (χ1v) is 7.75. The molecule has 0 fully saturated rings. The van der Waals surface area contributed by atoms with E-state index in [1.807, 2.05) is 32.8 Å². The van der Waals surface area contributed by atoms with E-state index >= 15 is 0 Å². The van der Waals surface area contributed by atoms with Crippen LogP contribution in [0.4, 0.5) is 5.69 Å². The Bertz CT molecular complexity index is 639. The molecule has 0 saturated heterocycles. The Morgan fingerprint density at radius 1 is 1.38 bits per heavy atom. The Morgan fingerprint density at radius 2 is 1.95 bits per heavy atom. The molecule has 1 rings (SSSR count). The van der Waals surface area contributed by atoms with Gasteiger partial charge in [0.05, 0.1) is 10.5 Å². The number of nitrogens with zero attached hydrogens (tertiary/aromatic N) is 1. The van der Waals surface area contributed by atoms with Gasteiger partial charge in [0.1, 0.15) is 0 Å². The molecule has 0 aliphatic carbocycles. The lowest BCUT2D eigenvalue weighted by Gasteiger charge is -2.32. The molecule has 8 heteroatoms. The number of hydrogen-bond donors (Lipinski definition) is 3. The highest BCUT2D eigenvalue weighted by molar-refractivity contribution is 7.89. The van der Waals surface area contributed by atoms with Crippen molar-refractivity contribution in [2.24, 2.45) is 0 Å². The van der Waals surface area contributed by atoms with E-state index in [1.54, 1.807) is 0 Å². The van der Waals surface area contributed by atoms with Crippen molar-refractivity contribution < 1.29 is 18.3 Å². The highest BCUT2D eigenvalue weighted by Crippen LogP contribution is 2.20. The van der Waals surface area contributed by atoms with E-state index < -0.39 is 21.5 Å². The van der Waals surface area contributed by atoms with Crippen molar-refractivity contribution in [3.63, 3.8) is 0 Å². The monoisotopic (exact) mass is 315 g/mol. The average Bonchev–Trinajstić information content (AvgIpc) is 2.36. The number of nitrogen functional groups attached to an aromatic ring is 1. The second-order valence-electron chi connectivity index (χ2n) is 5.59. The van der Waals surface area contributed by atoms with E-state index in [1.165, 1.54) is 12.1 Å². The minimum absolute atomic E-state index is 0.135. The molecule has 7 nitrogen and oxygen atoms in total. The summed E-state index contributed by atoms with van der Waals surface area (Å²) in [5.74, 6) is -1.32. The molecule has 0 radical (unpaired) electrons. The van der Waals surface area contributed by atoms with Crippen molar-refractivity contribution >= 4 is 21.7 Å². The van der Waals surface area contributed by atoms with Crippen LogP contribution in [-0.4, -0.2) is 50.6 Å². The van der Waals surface area contributed by atoms with E-state index in [4.69, 9.17) is 10.8 Å². The Kier molecular flexibility index (Phi) is 4.98. The Morgan fingerprint density at radius 3 is 2.43 bits per heavy atom. The molecule has 0 heterocycles. The zero-order valence-corrected chi connectivity index (χ0v) is 13.4.